The Labute approximate surface area is 181 Å². The van der Waals surface area contributed by atoms with Gasteiger partial charge in [-0.1, -0.05) is 125 Å². The van der Waals surface area contributed by atoms with Crippen LogP contribution in [0.4, 0.5) is 0 Å². The van der Waals surface area contributed by atoms with Crippen molar-refractivity contribution in [3.8, 4) is 0 Å². The van der Waals surface area contributed by atoms with Gasteiger partial charge >= 0.3 is 0 Å². The van der Waals surface area contributed by atoms with E-state index < -0.39 is 0 Å². The van der Waals surface area contributed by atoms with E-state index in [2.05, 4.69) is 84.9 Å². The maximum absolute atomic E-state index is 2.27. The quantitative estimate of drug-likeness (QED) is 0.181. The van der Waals surface area contributed by atoms with Crippen molar-refractivity contribution in [3.05, 3.63) is 97.1 Å². The molecule has 5 aromatic rings. The zero-order chi connectivity index (χ0) is 21.9. The summed E-state index contributed by atoms with van der Waals surface area (Å²) in [7, 11) is 0. The van der Waals surface area contributed by atoms with Crippen LogP contribution in [0, 0.1) is 0 Å². The molecule has 0 unspecified atom stereocenters. The van der Waals surface area contributed by atoms with Crippen molar-refractivity contribution in [1.29, 1.82) is 0 Å². The number of rotatable bonds is 0. The molecule has 0 nitrogen and oxygen atoms in total. The Morgan fingerprint density at radius 3 is 1.03 bits per heavy atom. The minimum Gasteiger partial charge on any atom is -0.0919 e. The molecule has 154 valence electrons. The fourth-order valence-electron chi connectivity index (χ4n) is 3.59. The van der Waals surface area contributed by atoms with Gasteiger partial charge in [-0.25, -0.2) is 0 Å². The molecule has 0 saturated carbocycles. The van der Waals surface area contributed by atoms with E-state index in [4.69, 9.17) is 0 Å². The highest BCUT2D eigenvalue weighted by Crippen LogP contribution is 2.34. The van der Waals surface area contributed by atoms with Crippen LogP contribution < -0.4 is 0 Å². The van der Waals surface area contributed by atoms with Crippen molar-refractivity contribution in [2.45, 2.75) is 41.5 Å². The average Bonchev–Trinajstić information content (AvgIpc) is 2.86. The van der Waals surface area contributed by atoms with Crippen molar-refractivity contribution in [2.24, 2.45) is 0 Å². The number of hydrogen-bond acceptors (Lipinski definition) is 0. The van der Waals surface area contributed by atoms with Crippen molar-refractivity contribution in [1.82, 2.24) is 0 Å². The van der Waals surface area contributed by atoms with Crippen LogP contribution in [0.5, 0.6) is 0 Å². The van der Waals surface area contributed by atoms with Gasteiger partial charge in [0.15, 0.2) is 0 Å². The van der Waals surface area contributed by atoms with E-state index in [0.717, 1.165) is 0 Å². The molecule has 30 heavy (non-hydrogen) atoms. The van der Waals surface area contributed by atoms with E-state index in [0.29, 0.717) is 0 Å². The average molecular weight is 395 g/mol. The first-order valence-corrected chi connectivity index (χ1v) is 11.1. The molecule has 0 N–H and O–H groups in total. The summed E-state index contributed by atoms with van der Waals surface area (Å²) in [5, 5.41) is 10.6. The third-order valence-electron chi connectivity index (χ3n) is 4.98. The molecule has 0 heterocycles. The predicted octanol–water partition coefficient (Wildman–Crippen LogP) is 9.93. The van der Waals surface area contributed by atoms with Gasteiger partial charge in [0.05, 0.1) is 0 Å². The lowest BCUT2D eigenvalue weighted by atomic mass is 9.94. The van der Waals surface area contributed by atoms with Crippen LogP contribution in [0.2, 0.25) is 0 Å². The molecule has 0 amide bonds. The minimum atomic E-state index is 1.30. The molecule has 0 heteroatoms. The number of hydrogen-bond donors (Lipinski definition) is 0. The molecule has 0 aliphatic carbocycles. The van der Waals surface area contributed by atoms with Gasteiger partial charge < -0.3 is 0 Å². The zero-order valence-corrected chi connectivity index (χ0v) is 19.2. The van der Waals surface area contributed by atoms with Crippen molar-refractivity contribution < 1.29 is 0 Å². The zero-order valence-electron chi connectivity index (χ0n) is 19.2. The van der Waals surface area contributed by atoms with Crippen LogP contribution in [-0.4, -0.2) is 0 Å². The van der Waals surface area contributed by atoms with Gasteiger partial charge in [-0.2, -0.15) is 0 Å². The molecule has 0 saturated heterocycles. The second-order valence-corrected chi connectivity index (χ2v) is 6.50. The molecule has 0 fully saturated rings. The molecule has 0 radical (unpaired) electrons. The first kappa shape index (κ1) is 23.2. The highest BCUT2D eigenvalue weighted by molar-refractivity contribution is 6.22. The highest BCUT2D eigenvalue weighted by atomic mass is 14.1. The third kappa shape index (κ3) is 4.71. The van der Waals surface area contributed by atoms with Crippen molar-refractivity contribution in [2.75, 3.05) is 0 Å². The van der Waals surface area contributed by atoms with Gasteiger partial charge in [-0.3, -0.25) is 0 Å². The molecule has 5 aromatic carbocycles. The third-order valence-corrected chi connectivity index (χ3v) is 4.98. The summed E-state index contributed by atoms with van der Waals surface area (Å²) in [5.74, 6) is 0. The maximum atomic E-state index is 2.27. The number of allylic oxidation sites excluding steroid dienone is 2. The lowest BCUT2D eigenvalue weighted by Crippen LogP contribution is -1.82. The van der Waals surface area contributed by atoms with Gasteiger partial charge in [0.25, 0.3) is 0 Å². The Kier molecular flexibility index (Phi) is 9.09. The smallest absolute Gasteiger partial charge is 0.00987 e. The Morgan fingerprint density at radius 1 is 0.367 bits per heavy atom. The maximum Gasteiger partial charge on any atom is -0.00987 e. The van der Waals surface area contributed by atoms with Crippen LogP contribution in [0.3, 0.4) is 0 Å². The van der Waals surface area contributed by atoms with E-state index in [9.17, 15) is 0 Å². The van der Waals surface area contributed by atoms with Crippen LogP contribution in [-0.2, 0) is 0 Å². The van der Waals surface area contributed by atoms with Gasteiger partial charge in [-0.15, -0.1) is 0 Å². The normalized spacial score (nSPS) is 10.2. The molecule has 5 rings (SSSR count). The molecule has 0 aliphatic rings. The Balaban J connectivity index is 0.000000355. The summed E-state index contributed by atoms with van der Waals surface area (Å²) in [6, 6.07) is 30.7. The molecule has 0 atom stereocenters. The highest BCUT2D eigenvalue weighted by Gasteiger charge is 2.06. The molecule has 0 aromatic heterocycles. The number of benzene rings is 5. The fourth-order valence-corrected chi connectivity index (χ4v) is 3.59. The SMILES string of the molecule is C/C=C\C.CC.CC.c1ccc2c(c1)ccc1c2ccc2c3ccccc3ccc21. The lowest BCUT2D eigenvalue weighted by Gasteiger charge is -2.09. The van der Waals surface area contributed by atoms with E-state index in [1.54, 1.807) is 0 Å². The lowest BCUT2D eigenvalue weighted by molar-refractivity contribution is 1.50. The van der Waals surface area contributed by atoms with Gasteiger partial charge in [0.1, 0.15) is 0 Å². The second-order valence-electron chi connectivity index (χ2n) is 6.50. The summed E-state index contributed by atoms with van der Waals surface area (Å²) in [4.78, 5) is 0. The van der Waals surface area contributed by atoms with Crippen molar-refractivity contribution >= 4 is 43.1 Å². The van der Waals surface area contributed by atoms with Crippen LogP contribution in [0.25, 0.3) is 43.1 Å². The minimum absolute atomic E-state index is 1.30. The largest absolute Gasteiger partial charge is 0.0919 e. The first-order valence-electron chi connectivity index (χ1n) is 11.1. The Hall–Kier alpha value is -3.12. The Morgan fingerprint density at radius 2 is 0.667 bits per heavy atom. The summed E-state index contributed by atoms with van der Waals surface area (Å²) in [5.41, 5.74) is 0. The summed E-state index contributed by atoms with van der Waals surface area (Å²) < 4.78 is 0. The predicted molar refractivity (Wildman–Crippen MR) is 140 cm³/mol. The molecule has 0 bridgehead atoms. The monoisotopic (exact) mass is 394 g/mol. The standard InChI is InChI=1S/C22H14.C4H8.2C2H6/c1-3-7-17-15(5-1)9-11-21-19(17)13-14-20-18-8-4-2-6-16(18)10-12-22(20)21;1-3-4-2;2*1-2/h1-14H;3-4H,1-2H3;2*1-2H3/b;4-3-;;. The molecular weight excluding hydrogens is 360 g/mol. The fraction of sp³-hybridized carbons (Fsp3) is 0.200. The second kappa shape index (κ2) is 11.8. The molecule has 0 aliphatic heterocycles. The Bertz CT molecular complexity index is 1140. The summed E-state index contributed by atoms with van der Waals surface area (Å²) in [6.07, 6.45) is 4.00. The van der Waals surface area contributed by atoms with Gasteiger partial charge in [0, 0.05) is 0 Å². The molecule has 0 spiro atoms. The van der Waals surface area contributed by atoms with E-state index in [1.807, 2.05) is 53.7 Å². The van der Waals surface area contributed by atoms with Gasteiger partial charge in [0.2, 0.25) is 0 Å². The van der Waals surface area contributed by atoms with Gasteiger partial charge in [-0.05, 0) is 56.9 Å². The topological polar surface area (TPSA) is 0 Å². The van der Waals surface area contributed by atoms with E-state index in [1.165, 1.54) is 43.1 Å². The first-order chi connectivity index (χ1) is 14.8. The number of fused-ring (bicyclic) bond motifs is 7. The molecular formula is C30H34. The summed E-state index contributed by atoms with van der Waals surface area (Å²) in [6.45, 7) is 12.0. The summed E-state index contributed by atoms with van der Waals surface area (Å²) >= 11 is 0. The van der Waals surface area contributed by atoms with Crippen LogP contribution in [0.15, 0.2) is 97.1 Å². The van der Waals surface area contributed by atoms with Crippen molar-refractivity contribution in [3.63, 3.8) is 0 Å². The van der Waals surface area contributed by atoms with Crippen LogP contribution >= 0.6 is 0 Å². The van der Waals surface area contributed by atoms with E-state index in [-0.39, 0.29) is 0 Å². The van der Waals surface area contributed by atoms with Crippen LogP contribution in [0.1, 0.15) is 41.5 Å². The van der Waals surface area contributed by atoms with E-state index >= 15 is 0 Å².